The van der Waals surface area contributed by atoms with E-state index < -0.39 is 0 Å². The molecule has 5 heteroatoms. The minimum Gasteiger partial charge on any atom is -0.337 e. The van der Waals surface area contributed by atoms with Crippen LogP contribution in [0.3, 0.4) is 0 Å². The highest BCUT2D eigenvalue weighted by Crippen LogP contribution is 2.22. The molecule has 1 amide bonds. The second kappa shape index (κ2) is 6.85. The zero-order valence-corrected chi connectivity index (χ0v) is 12.1. The van der Waals surface area contributed by atoms with Crippen LogP contribution in [0.5, 0.6) is 0 Å². The van der Waals surface area contributed by atoms with E-state index in [1.165, 1.54) is 19.3 Å². The summed E-state index contributed by atoms with van der Waals surface area (Å²) < 4.78 is 0. The number of rotatable bonds is 3. The lowest BCUT2D eigenvalue weighted by Crippen LogP contribution is -2.32. The molecule has 1 aliphatic rings. The number of carbonyl (C=O) groups excluding carboxylic acids is 1. The van der Waals surface area contributed by atoms with Gasteiger partial charge in [0.2, 0.25) is 0 Å². The van der Waals surface area contributed by atoms with E-state index in [1.54, 1.807) is 12.1 Å². The molecule has 104 valence electrons. The molecule has 0 spiro atoms. The fourth-order valence-corrected chi connectivity index (χ4v) is 2.76. The highest BCUT2D eigenvalue weighted by molar-refractivity contribution is 6.29. The van der Waals surface area contributed by atoms with Gasteiger partial charge in [-0.25, -0.2) is 0 Å². The first kappa shape index (κ1) is 14.3. The summed E-state index contributed by atoms with van der Waals surface area (Å²) in [4.78, 5) is 14.2. The Balaban J connectivity index is 1.98. The summed E-state index contributed by atoms with van der Waals surface area (Å²) in [6.45, 7) is 3.87. The molecule has 2 heterocycles. The monoisotopic (exact) mass is 281 g/mol. The zero-order valence-electron chi connectivity index (χ0n) is 11.3. The Kier molecular flexibility index (Phi) is 5.14. The van der Waals surface area contributed by atoms with Gasteiger partial charge in [-0.3, -0.25) is 4.79 Å². The number of amides is 1. The van der Waals surface area contributed by atoms with Gasteiger partial charge in [-0.2, -0.15) is 0 Å². The summed E-state index contributed by atoms with van der Waals surface area (Å²) in [6.07, 6.45) is 5.89. The summed E-state index contributed by atoms with van der Waals surface area (Å²) >= 11 is 5.68. The Bertz CT molecular complexity index is 421. The van der Waals surface area contributed by atoms with Crippen LogP contribution in [0.1, 0.15) is 49.5 Å². The molecule has 0 bridgehead atoms. The number of carbonyl (C=O) groups is 1. The van der Waals surface area contributed by atoms with Crippen molar-refractivity contribution in [1.82, 2.24) is 15.1 Å². The third kappa shape index (κ3) is 3.90. The predicted octanol–water partition coefficient (Wildman–Crippen LogP) is 3.17. The molecule has 0 saturated carbocycles. The SMILES string of the molecule is CCCC1CCCN(C(=O)c2ccc(Cl)nn2)CC1. The lowest BCUT2D eigenvalue weighted by Gasteiger charge is -2.19. The Labute approximate surface area is 119 Å². The van der Waals surface area contributed by atoms with Gasteiger partial charge in [0.05, 0.1) is 0 Å². The van der Waals surface area contributed by atoms with Crippen molar-refractivity contribution >= 4 is 17.5 Å². The average Bonchev–Trinajstić information content (AvgIpc) is 2.65. The first-order valence-corrected chi connectivity index (χ1v) is 7.37. The normalized spacial score (nSPS) is 20.1. The van der Waals surface area contributed by atoms with E-state index >= 15 is 0 Å². The largest absolute Gasteiger partial charge is 0.337 e. The average molecular weight is 282 g/mol. The molecule has 0 radical (unpaired) electrons. The molecule has 2 rings (SSSR count). The van der Waals surface area contributed by atoms with Gasteiger partial charge >= 0.3 is 0 Å². The van der Waals surface area contributed by atoms with E-state index in [-0.39, 0.29) is 5.91 Å². The Morgan fingerprint density at radius 2 is 2.21 bits per heavy atom. The molecule has 0 aromatic carbocycles. The molecule has 1 fully saturated rings. The quantitative estimate of drug-likeness (QED) is 0.855. The summed E-state index contributed by atoms with van der Waals surface area (Å²) in [6, 6.07) is 3.26. The minimum absolute atomic E-state index is 0.0266. The number of hydrogen-bond donors (Lipinski definition) is 0. The third-order valence-electron chi connectivity index (χ3n) is 3.68. The number of likely N-dealkylation sites (tertiary alicyclic amines) is 1. The van der Waals surface area contributed by atoms with Crippen molar-refractivity contribution < 1.29 is 4.79 Å². The first-order chi connectivity index (χ1) is 9.20. The highest BCUT2D eigenvalue weighted by atomic mass is 35.5. The Morgan fingerprint density at radius 1 is 1.37 bits per heavy atom. The van der Waals surface area contributed by atoms with Crippen molar-refractivity contribution in [2.45, 2.75) is 39.0 Å². The fourth-order valence-electron chi connectivity index (χ4n) is 2.66. The van der Waals surface area contributed by atoms with Crippen molar-refractivity contribution in [2.24, 2.45) is 5.92 Å². The molecule has 1 aromatic rings. The summed E-state index contributed by atoms with van der Waals surface area (Å²) in [5, 5.41) is 7.91. The number of halogens is 1. The van der Waals surface area contributed by atoms with E-state index in [4.69, 9.17) is 11.6 Å². The van der Waals surface area contributed by atoms with Crippen molar-refractivity contribution in [3.05, 3.63) is 23.0 Å². The van der Waals surface area contributed by atoms with E-state index in [0.29, 0.717) is 10.8 Å². The van der Waals surface area contributed by atoms with Gasteiger partial charge in [0.15, 0.2) is 10.8 Å². The van der Waals surface area contributed by atoms with E-state index in [1.807, 2.05) is 4.90 Å². The lowest BCUT2D eigenvalue weighted by atomic mass is 9.96. The lowest BCUT2D eigenvalue weighted by molar-refractivity contribution is 0.0752. The van der Waals surface area contributed by atoms with Crippen LogP contribution < -0.4 is 0 Å². The molecule has 4 nitrogen and oxygen atoms in total. The maximum Gasteiger partial charge on any atom is 0.274 e. The van der Waals surface area contributed by atoms with Crippen LogP contribution in [0.2, 0.25) is 5.15 Å². The van der Waals surface area contributed by atoms with Gasteiger partial charge < -0.3 is 4.90 Å². The van der Waals surface area contributed by atoms with E-state index in [9.17, 15) is 4.79 Å². The van der Waals surface area contributed by atoms with Crippen LogP contribution in [0.25, 0.3) is 0 Å². The molecule has 1 saturated heterocycles. The molecular weight excluding hydrogens is 262 g/mol. The van der Waals surface area contributed by atoms with Crippen molar-refractivity contribution in [1.29, 1.82) is 0 Å². The van der Waals surface area contributed by atoms with Gasteiger partial charge in [-0.15, -0.1) is 10.2 Å². The van der Waals surface area contributed by atoms with E-state index in [0.717, 1.165) is 31.8 Å². The van der Waals surface area contributed by atoms with Gasteiger partial charge in [-0.1, -0.05) is 31.4 Å². The topological polar surface area (TPSA) is 46.1 Å². The molecule has 1 aliphatic heterocycles. The maximum absolute atomic E-state index is 12.3. The third-order valence-corrected chi connectivity index (χ3v) is 3.88. The predicted molar refractivity (Wildman–Crippen MR) is 75.2 cm³/mol. The second-order valence-electron chi connectivity index (χ2n) is 5.12. The molecule has 19 heavy (non-hydrogen) atoms. The van der Waals surface area contributed by atoms with Crippen LogP contribution >= 0.6 is 11.6 Å². The van der Waals surface area contributed by atoms with Crippen LogP contribution in [0.15, 0.2) is 12.1 Å². The fraction of sp³-hybridized carbons (Fsp3) is 0.643. The molecule has 0 N–H and O–H groups in total. The molecule has 0 aliphatic carbocycles. The molecule has 1 unspecified atom stereocenters. The van der Waals surface area contributed by atoms with Crippen molar-refractivity contribution in [3.8, 4) is 0 Å². The smallest absolute Gasteiger partial charge is 0.274 e. The van der Waals surface area contributed by atoms with Crippen LogP contribution in [0.4, 0.5) is 0 Å². The van der Waals surface area contributed by atoms with Crippen molar-refractivity contribution in [2.75, 3.05) is 13.1 Å². The molecular formula is C14H20ClN3O. The van der Waals surface area contributed by atoms with Crippen LogP contribution in [-0.2, 0) is 0 Å². The Morgan fingerprint density at radius 3 is 2.89 bits per heavy atom. The Hall–Kier alpha value is -1.16. The van der Waals surface area contributed by atoms with Gasteiger partial charge in [-0.05, 0) is 37.3 Å². The summed E-state index contributed by atoms with van der Waals surface area (Å²) in [5.41, 5.74) is 0.387. The van der Waals surface area contributed by atoms with Gasteiger partial charge in [0.25, 0.3) is 5.91 Å². The first-order valence-electron chi connectivity index (χ1n) is 6.99. The van der Waals surface area contributed by atoms with Gasteiger partial charge in [0.1, 0.15) is 0 Å². The van der Waals surface area contributed by atoms with Crippen LogP contribution in [0, 0.1) is 5.92 Å². The van der Waals surface area contributed by atoms with Crippen molar-refractivity contribution in [3.63, 3.8) is 0 Å². The zero-order chi connectivity index (χ0) is 13.7. The number of hydrogen-bond acceptors (Lipinski definition) is 3. The van der Waals surface area contributed by atoms with Gasteiger partial charge in [0, 0.05) is 13.1 Å². The van der Waals surface area contributed by atoms with E-state index in [2.05, 4.69) is 17.1 Å². The second-order valence-corrected chi connectivity index (χ2v) is 5.51. The number of nitrogens with zero attached hydrogens (tertiary/aromatic N) is 3. The van der Waals surface area contributed by atoms with Crippen LogP contribution in [-0.4, -0.2) is 34.1 Å². The number of aromatic nitrogens is 2. The maximum atomic E-state index is 12.3. The minimum atomic E-state index is -0.0266. The molecule has 1 aromatic heterocycles. The summed E-state index contributed by atoms with van der Waals surface area (Å²) in [7, 11) is 0. The molecule has 1 atom stereocenters. The highest BCUT2D eigenvalue weighted by Gasteiger charge is 2.22. The summed E-state index contributed by atoms with van der Waals surface area (Å²) in [5.74, 6) is 0.736. The standard InChI is InChI=1S/C14H20ClN3O/c1-2-4-11-5-3-9-18(10-8-11)14(19)12-6-7-13(15)17-16-12/h6-7,11H,2-5,8-10H2,1H3.